The lowest BCUT2D eigenvalue weighted by molar-refractivity contribution is 0.0702. The Morgan fingerprint density at radius 3 is 2.72 bits per heavy atom. The molecule has 0 unspecified atom stereocenters. The Balaban J connectivity index is 2.31. The van der Waals surface area contributed by atoms with Crippen LogP contribution in [0.15, 0.2) is 22.7 Å². The number of aryl methyl sites for hydroxylation is 1. The standard InChI is InChI=1S/C8H8N4O4S2/c1-12-8(9-4-10-12)11-18(15,16)6-3-2-5(17-6)7(13)14/h2-4H,1H3,(H,13,14)(H,9,10,11). The lowest BCUT2D eigenvalue weighted by Gasteiger charge is -2.03. The van der Waals surface area contributed by atoms with Crippen LogP contribution in [-0.2, 0) is 17.1 Å². The summed E-state index contributed by atoms with van der Waals surface area (Å²) in [4.78, 5) is 14.4. The van der Waals surface area contributed by atoms with Crippen LogP contribution in [0, 0.1) is 0 Å². The largest absolute Gasteiger partial charge is 0.477 e. The summed E-state index contributed by atoms with van der Waals surface area (Å²) in [5.41, 5.74) is 0. The van der Waals surface area contributed by atoms with Gasteiger partial charge in [0.05, 0.1) is 0 Å². The van der Waals surface area contributed by atoms with Gasteiger partial charge in [-0.05, 0) is 12.1 Å². The number of thiophene rings is 1. The fraction of sp³-hybridized carbons (Fsp3) is 0.125. The summed E-state index contributed by atoms with van der Waals surface area (Å²) < 4.78 is 27.2. The van der Waals surface area contributed by atoms with Crippen LogP contribution >= 0.6 is 11.3 Å². The molecule has 0 aliphatic rings. The van der Waals surface area contributed by atoms with E-state index in [1.54, 1.807) is 0 Å². The fourth-order valence-corrected chi connectivity index (χ4v) is 3.32. The third kappa shape index (κ3) is 2.33. The normalized spacial score (nSPS) is 11.4. The van der Waals surface area contributed by atoms with Crippen LogP contribution in [0.25, 0.3) is 0 Å². The number of nitrogens with zero attached hydrogens (tertiary/aromatic N) is 3. The van der Waals surface area contributed by atoms with Gasteiger partial charge in [0.15, 0.2) is 0 Å². The summed E-state index contributed by atoms with van der Waals surface area (Å²) >= 11 is 0.668. The molecule has 8 nitrogen and oxygen atoms in total. The number of hydrogen-bond donors (Lipinski definition) is 2. The molecule has 96 valence electrons. The third-order valence-corrected chi connectivity index (χ3v) is 4.89. The minimum Gasteiger partial charge on any atom is -0.477 e. The fourth-order valence-electron chi connectivity index (χ4n) is 1.14. The van der Waals surface area contributed by atoms with E-state index in [0.29, 0.717) is 11.3 Å². The van der Waals surface area contributed by atoms with Gasteiger partial charge in [-0.1, -0.05) is 0 Å². The summed E-state index contributed by atoms with van der Waals surface area (Å²) in [5.74, 6) is -1.11. The number of carboxylic acid groups (broad SMARTS) is 1. The Hall–Kier alpha value is -1.94. The molecule has 0 aliphatic heterocycles. The molecule has 0 spiro atoms. The maximum Gasteiger partial charge on any atom is 0.345 e. The average molecular weight is 288 g/mol. The lowest BCUT2D eigenvalue weighted by Crippen LogP contribution is -2.15. The van der Waals surface area contributed by atoms with Gasteiger partial charge in [-0.25, -0.2) is 22.6 Å². The highest BCUT2D eigenvalue weighted by atomic mass is 32.2. The smallest absolute Gasteiger partial charge is 0.345 e. The number of rotatable bonds is 4. The molecule has 18 heavy (non-hydrogen) atoms. The number of anilines is 1. The molecule has 2 heterocycles. The predicted octanol–water partition coefficient (Wildman–Crippen LogP) is 0.376. The molecule has 2 rings (SSSR count). The minimum absolute atomic E-state index is 0.0478. The van der Waals surface area contributed by atoms with Gasteiger partial charge in [-0.3, -0.25) is 0 Å². The molecule has 0 atom stereocenters. The van der Waals surface area contributed by atoms with Crippen molar-refractivity contribution < 1.29 is 18.3 Å². The molecule has 0 amide bonds. The minimum atomic E-state index is -3.84. The van der Waals surface area contributed by atoms with Crippen LogP contribution in [0.5, 0.6) is 0 Å². The van der Waals surface area contributed by atoms with Crippen molar-refractivity contribution in [3.05, 3.63) is 23.3 Å². The molecule has 0 fully saturated rings. The van der Waals surface area contributed by atoms with Crippen molar-refractivity contribution in [2.24, 2.45) is 7.05 Å². The average Bonchev–Trinajstić information content (AvgIpc) is 2.88. The maximum atomic E-state index is 11.9. The molecule has 10 heteroatoms. The number of carbonyl (C=O) groups is 1. The Morgan fingerprint density at radius 1 is 1.50 bits per heavy atom. The maximum absolute atomic E-state index is 11.9. The van der Waals surface area contributed by atoms with Gasteiger partial charge in [-0.2, -0.15) is 10.1 Å². The summed E-state index contributed by atoms with van der Waals surface area (Å²) in [6.45, 7) is 0. The van der Waals surface area contributed by atoms with Crippen molar-refractivity contribution in [3.8, 4) is 0 Å². The van der Waals surface area contributed by atoms with E-state index >= 15 is 0 Å². The first-order valence-corrected chi connectivity index (χ1v) is 6.90. The molecule has 0 saturated heterocycles. The zero-order valence-corrected chi connectivity index (χ0v) is 10.7. The molecule has 2 aromatic heterocycles. The molecule has 0 bridgehead atoms. The highest BCUT2D eigenvalue weighted by Crippen LogP contribution is 2.23. The van der Waals surface area contributed by atoms with Gasteiger partial charge in [0, 0.05) is 7.05 Å². The highest BCUT2D eigenvalue weighted by molar-refractivity contribution is 7.94. The second kappa shape index (κ2) is 4.38. The molecule has 2 aromatic rings. The lowest BCUT2D eigenvalue weighted by atomic mass is 10.5. The first kappa shape index (κ1) is 12.5. The predicted molar refractivity (Wildman–Crippen MR) is 63.1 cm³/mol. The number of sulfonamides is 1. The van der Waals surface area contributed by atoms with E-state index in [1.165, 1.54) is 30.2 Å². The van der Waals surface area contributed by atoms with Crippen molar-refractivity contribution in [2.75, 3.05) is 4.72 Å². The van der Waals surface area contributed by atoms with Crippen molar-refractivity contribution in [2.45, 2.75) is 4.21 Å². The molecular weight excluding hydrogens is 280 g/mol. The highest BCUT2D eigenvalue weighted by Gasteiger charge is 2.20. The van der Waals surface area contributed by atoms with Crippen LogP contribution in [0.2, 0.25) is 0 Å². The second-order valence-corrected chi connectivity index (χ2v) is 6.23. The van der Waals surface area contributed by atoms with Gasteiger partial charge in [-0.15, -0.1) is 11.3 Å². The number of aromatic carboxylic acids is 1. The second-order valence-electron chi connectivity index (χ2n) is 3.24. The van der Waals surface area contributed by atoms with Gasteiger partial charge < -0.3 is 5.11 Å². The van der Waals surface area contributed by atoms with E-state index < -0.39 is 16.0 Å². The number of hydrogen-bond acceptors (Lipinski definition) is 6. The molecule has 0 saturated carbocycles. The van der Waals surface area contributed by atoms with Crippen molar-refractivity contribution in [1.29, 1.82) is 0 Å². The van der Waals surface area contributed by atoms with Crippen LogP contribution in [0.4, 0.5) is 5.95 Å². The van der Waals surface area contributed by atoms with Crippen LogP contribution in [-0.4, -0.2) is 34.3 Å². The molecule has 0 aromatic carbocycles. The zero-order valence-electron chi connectivity index (χ0n) is 9.06. The number of aromatic nitrogens is 3. The van der Waals surface area contributed by atoms with E-state index in [-0.39, 0.29) is 15.0 Å². The molecule has 0 aliphatic carbocycles. The number of nitrogens with one attached hydrogen (secondary N) is 1. The topological polar surface area (TPSA) is 114 Å². The summed E-state index contributed by atoms with van der Waals surface area (Å²) in [6, 6.07) is 2.46. The van der Waals surface area contributed by atoms with Crippen molar-refractivity contribution >= 4 is 33.3 Å². The van der Waals surface area contributed by atoms with E-state index in [1.807, 2.05) is 0 Å². The van der Waals surface area contributed by atoms with Crippen LogP contribution in [0.1, 0.15) is 9.67 Å². The Morgan fingerprint density at radius 2 is 2.22 bits per heavy atom. The van der Waals surface area contributed by atoms with Crippen molar-refractivity contribution in [1.82, 2.24) is 14.8 Å². The van der Waals surface area contributed by atoms with E-state index in [0.717, 1.165) is 0 Å². The third-order valence-electron chi connectivity index (χ3n) is 1.99. The Labute approximate surface area is 106 Å². The first-order chi connectivity index (χ1) is 8.40. The van der Waals surface area contributed by atoms with Gasteiger partial charge in [0.2, 0.25) is 5.95 Å². The van der Waals surface area contributed by atoms with Gasteiger partial charge in [0.25, 0.3) is 10.0 Å². The summed E-state index contributed by atoms with van der Waals surface area (Å²) in [7, 11) is -2.31. The van der Waals surface area contributed by atoms with E-state index in [2.05, 4.69) is 14.8 Å². The van der Waals surface area contributed by atoms with Crippen LogP contribution < -0.4 is 4.72 Å². The van der Waals surface area contributed by atoms with Crippen LogP contribution in [0.3, 0.4) is 0 Å². The molecule has 0 radical (unpaired) electrons. The summed E-state index contributed by atoms with van der Waals surface area (Å²) in [6.07, 6.45) is 1.20. The Kier molecular flexibility index (Phi) is 3.05. The van der Waals surface area contributed by atoms with Gasteiger partial charge >= 0.3 is 5.97 Å². The summed E-state index contributed by atoms with van der Waals surface area (Å²) in [5, 5.41) is 12.4. The molecular formula is C8H8N4O4S2. The quantitative estimate of drug-likeness (QED) is 0.840. The number of carboxylic acids is 1. The first-order valence-electron chi connectivity index (χ1n) is 4.60. The monoisotopic (exact) mass is 288 g/mol. The Bertz CT molecular complexity index is 688. The SMILES string of the molecule is Cn1ncnc1NS(=O)(=O)c1ccc(C(=O)O)s1. The van der Waals surface area contributed by atoms with Crippen molar-refractivity contribution in [3.63, 3.8) is 0 Å². The zero-order chi connectivity index (χ0) is 13.3. The molecule has 2 N–H and O–H groups in total. The van der Waals surface area contributed by atoms with Gasteiger partial charge in [0.1, 0.15) is 15.4 Å². The van der Waals surface area contributed by atoms with E-state index in [4.69, 9.17) is 5.11 Å². The van der Waals surface area contributed by atoms with E-state index in [9.17, 15) is 13.2 Å².